The van der Waals surface area contributed by atoms with Crippen molar-refractivity contribution in [3.8, 4) is 0 Å². The Hall–Kier alpha value is -0.100. The third-order valence-corrected chi connectivity index (χ3v) is 1.92. The van der Waals surface area contributed by atoms with Gasteiger partial charge in [0.2, 0.25) is 0 Å². The number of carbonyl (C=O) groups is 1. The van der Waals surface area contributed by atoms with Crippen LogP contribution in [0.25, 0.3) is 0 Å². The number of rotatable bonds is 1. The summed E-state index contributed by atoms with van der Waals surface area (Å²) in [6.45, 7) is 5.40. The van der Waals surface area contributed by atoms with Crippen molar-refractivity contribution in [1.29, 1.82) is 0 Å². The first-order valence-corrected chi connectivity index (χ1v) is 5.68. The predicted molar refractivity (Wildman–Crippen MR) is 34.1 cm³/mol. The summed E-state index contributed by atoms with van der Waals surface area (Å²) in [5.74, 6) is 0. The zero-order valence-corrected chi connectivity index (χ0v) is 5.86. The van der Waals surface area contributed by atoms with Gasteiger partial charge in [0.25, 0.3) is 0 Å². The summed E-state index contributed by atoms with van der Waals surface area (Å²) in [5, 5.41) is 8.31. The monoisotopic (exact) mass is 122 g/mol. The van der Waals surface area contributed by atoms with Crippen LogP contribution in [0.15, 0.2) is 0 Å². The molecule has 7 heavy (non-hydrogen) atoms. The van der Waals surface area contributed by atoms with Crippen molar-refractivity contribution in [3.63, 3.8) is 0 Å². The molecule has 3 heteroatoms. The van der Waals surface area contributed by atoms with Gasteiger partial charge in [-0.1, -0.05) is 0 Å². The first-order valence-electron chi connectivity index (χ1n) is 2.18. The van der Waals surface area contributed by atoms with Gasteiger partial charge in [-0.25, -0.2) is 0 Å². The molecule has 0 aliphatic heterocycles. The second kappa shape index (κ2) is 1.79. The van der Waals surface area contributed by atoms with E-state index in [1.54, 1.807) is 20.0 Å². The first kappa shape index (κ1) is 6.90. The molecule has 0 heterocycles. The van der Waals surface area contributed by atoms with Crippen molar-refractivity contribution in [2.75, 3.05) is 20.0 Å². The van der Waals surface area contributed by atoms with Crippen LogP contribution in [0.5, 0.6) is 0 Å². The fourth-order valence-corrected chi connectivity index (χ4v) is 0. The SMILES string of the molecule is C[PH](C)(C)C(=O)O. The van der Waals surface area contributed by atoms with E-state index < -0.39 is 13.0 Å². The predicted octanol–water partition coefficient (Wildman–Crippen LogP) is 1.30. The molecule has 0 rings (SSSR count). The van der Waals surface area contributed by atoms with Crippen LogP contribution in [0.2, 0.25) is 0 Å². The maximum atomic E-state index is 10.1. The summed E-state index contributed by atoms with van der Waals surface area (Å²) in [4.78, 5) is 10.1. The maximum absolute atomic E-state index is 10.1. The Morgan fingerprint density at radius 2 is 1.57 bits per heavy atom. The first-order chi connectivity index (χ1) is 2.94. The molecule has 0 saturated heterocycles. The Kier molecular flexibility index (Phi) is 1.76. The Morgan fingerprint density at radius 3 is 1.57 bits per heavy atom. The average Bonchev–Trinajstić information content (AvgIpc) is 1.31. The van der Waals surface area contributed by atoms with Crippen LogP contribution in [0.3, 0.4) is 0 Å². The topological polar surface area (TPSA) is 37.3 Å². The standard InChI is InChI=1S/C4H11O2P/c1-7(2,3)4(5)6/h7H,1-3H3,(H,5,6). The van der Waals surface area contributed by atoms with Gasteiger partial charge in [0, 0.05) is 0 Å². The summed E-state index contributed by atoms with van der Waals surface area (Å²) in [7, 11) is -1.82. The van der Waals surface area contributed by atoms with Crippen molar-refractivity contribution in [2.45, 2.75) is 0 Å². The van der Waals surface area contributed by atoms with Gasteiger partial charge >= 0.3 is 42.9 Å². The van der Waals surface area contributed by atoms with Gasteiger partial charge in [-0.05, 0) is 0 Å². The van der Waals surface area contributed by atoms with E-state index in [1.807, 2.05) is 0 Å². The molecule has 0 aliphatic carbocycles. The van der Waals surface area contributed by atoms with Crippen LogP contribution in [-0.2, 0) is 0 Å². The molecule has 1 N–H and O–H groups in total. The second-order valence-electron chi connectivity index (χ2n) is 2.56. The fourth-order valence-electron chi connectivity index (χ4n) is 0. The molecular formula is C4H11O2P. The molecule has 0 spiro atoms. The van der Waals surface area contributed by atoms with E-state index in [0.717, 1.165) is 0 Å². The molecule has 0 aliphatic rings. The summed E-state index contributed by atoms with van der Waals surface area (Å²) < 4.78 is 0. The third-order valence-electron chi connectivity index (χ3n) is 0.642. The van der Waals surface area contributed by atoms with Gasteiger partial charge in [-0.3, -0.25) is 0 Å². The number of hydrogen-bond acceptors (Lipinski definition) is 1. The molecule has 0 radical (unpaired) electrons. The molecule has 0 aromatic rings. The Bertz CT molecular complexity index is 82.2. The van der Waals surface area contributed by atoms with Crippen molar-refractivity contribution in [1.82, 2.24) is 0 Å². The molecule has 0 aromatic heterocycles. The average molecular weight is 122 g/mol. The zero-order valence-electron chi connectivity index (χ0n) is 4.86. The number of hydrogen-bond donors (Lipinski definition) is 1. The third kappa shape index (κ3) is 2.58. The Labute approximate surface area is 43.9 Å². The van der Waals surface area contributed by atoms with Crippen molar-refractivity contribution in [3.05, 3.63) is 0 Å². The van der Waals surface area contributed by atoms with Crippen LogP contribution in [0.1, 0.15) is 0 Å². The van der Waals surface area contributed by atoms with E-state index in [2.05, 4.69) is 0 Å². The molecule has 2 nitrogen and oxygen atoms in total. The summed E-state index contributed by atoms with van der Waals surface area (Å²) in [6.07, 6.45) is 0. The van der Waals surface area contributed by atoms with E-state index in [9.17, 15) is 4.79 Å². The molecule has 0 fully saturated rings. The van der Waals surface area contributed by atoms with Crippen LogP contribution >= 0.6 is 7.26 Å². The molecule has 0 bridgehead atoms. The normalized spacial score (nSPS) is 13.6. The van der Waals surface area contributed by atoms with Crippen LogP contribution in [-0.4, -0.2) is 30.8 Å². The van der Waals surface area contributed by atoms with Gasteiger partial charge in [-0.2, -0.15) is 0 Å². The molecule has 0 saturated carbocycles. The van der Waals surface area contributed by atoms with Gasteiger partial charge < -0.3 is 0 Å². The fraction of sp³-hybridized carbons (Fsp3) is 0.750. The second-order valence-corrected chi connectivity index (χ2v) is 7.48. The molecule has 0 atom stereocenters. The summed E-state index contributed by atoms with van der Waals surface area (Å²) in [5.41, 5.74) is -0.618. The van der Waals surface area contributed by atoms with Crippen LogP contribution in [0, 0.1) is 0 Å². The van der Waals surface area contributed by atoms with Gasteiger partial charge in [0.15, 0.2) is 0 Å². The van der Waals surface area contributed by atoms with E-state index >= 15 is 0 Å². The van der Waals surface area contributed by atoms with E-state index in [4.69, 9.17) is 5.11 Å². The van der Waals surface area contributed by atoms with Crippen LogP contribution in [0.4, 0.5) is 4.79 Å². The van der Waals surface area contributed by atoms with Crippen LogP contribution < -0.4 is 0 Å². The van der Waals surface area contributed by atoms with E-state index in [-0.39, 0.29) is 0 Å². The minimum absolute atomic E-state index is 0.618. The van der Waals surface area contributed by atoms with Gasteiger partial charge in [0.05, 0.1) is 0 Å². The molecule has 0 amide bonds. The van der Waals surface area contributed by atoms with E-state index in [1.165, 1.54) is 0 Å². The Balaban J connectivity index is 3.79. The van der Waals surface area contributed by atoms with Gasteiger partial charge in [0.1, 0.15) is 0 Å². The molecule has 0 aromatic carbocycles. The minimum atomic E-state index is -1.82. The molecule has 0 unspecified atom stereocenters. The quantitative estimate of drug-likeness (QED) is 0.532. The molecular weight excluding hydrogens is 111 g/mol. The van der Waals surface area contributed by atoms with Crippen molar-refractivity contribution >= 4 is 13.0 Å². The van der Waals surface area contributed by atoms with E-state index in [0.29, 0.717) is 0 Å². The van der Waals surface area contributed by atoms with Gasteiger partial charge in [-0.15, -0.1) is 0 Å². The van der Waals surface area contributed by atoms with Crippen molar-refractivity contribution in [2.24, 2.45) is 0 Å². The zero-order chi connectivity index (χ0) is 6.08. The molecule has 44 valence electrons. The summed E-state index contributed by atoms with van der Waals surface area (Å²) in [6, 6.07) is 0. The number of carboxylic acid groups (broad SMARTS) is 1. The Morgan fingerprint density at radius 1 is 1.43 bits per heavy atom. The summed E-state index contributed by atoms with van der Waals surface area (Å²) >= 11 is 0. The van der Waals surface area contributed by atoms with Crippen molar-refractivity contribution < 1.29 is 9.90 Å².